The molecule has 210 valence electrons. The number of aromatic nitrogens is 3. The molecule has 15 heteroatoms. The quantitative estimate of drug-likeness (QED) is 0.445. The fourth-order valence-corrected chi connectivity index (χ4v) is 5.57. The Morgan fingerprint density at radius 2 is 1.82 bits per heavy atom. The number of hydrogen-bond acceptors (Lipinski definition) is 5. The van der Waals surface area contributed by atoms with Gasteiger partial charge in [-0.2, -0.15) is 13.2 Å². The number of alkyl halides is 3. The second kappa shape index (κ2) is 10.4. The van der Waals surface area contributed by atoms with E-state index >= 15 is 0 Å². The number of rotatable bonds is 4. The number of fused-ring (bicyclic) bond motifs is 1. The summed E-state index contributed by atoms with van der Waals surface area (Å²) in [6, 6.07) is 0.608. The van der Waals surface area contributed by atoms with Gasteiger partial charge >= 0.3 is 18.2 Å². The first-order valence-electron chi connectivity index (χ1n) is 12.6. The summed E-state index contributed by atoms with van der Waals surface area (Å²) in [5.41, 5.74) is -0.113. The topological polar surface area (TPSA) is 112 Å². The average Bonchev–Trinajstić information content (AvgIpc) is 3.38. The van der Waals surface area contributed by atoms with E-state index in [1.165, 1.54) is 26.5 Å². The summed E-state index contributed by atoms with van der Waals surface area (Å²) in [7, 11) is 0. The predicted octanol–water partition coefficient (Wildman–Crippen LogP) is 3.20. The van der Waals surface area contributed by atoms with Gasteiger partial charge in [0.1, 0.15) is 18.8 Å². The van der Waals surface area contributed by atoms with Crippen molar-refractivity contribution in [3.05, 3.63) is 47.0 Å². The number of carbonyl (C=O) groups excluding carboxylic acids is 3. The summed E-state index contributed by atoms with van der Waals surface area (Å²) in [4.78, 5) is 39.5. The molecule has 2 fully saturated rings. The minimum atomic E-state index is -4.62. The number of nitrogens with zero attached hydrogens (tertiary/aromatic N) is 5. The van der Waals surface area contributed by atoms with Gasteiger partial charge in [-0.3, -0.25) is 10.1 Å². The molecule has 0 radical (unpaired) electrons. The summed E-state index contributed by atoms with van der Waals surface area (Å²) in [6.45, 7) is 0.565. The highest BCUT2D eigenvalue weighted by molar-refractivity contribution is 6.02. The molecule has 2 atom stereocenters. The van der Waals surface area contributed by atoms with Crippen LogP contribution in [0.1, 0.15) is 61.4 Å². The largest absolute Gasteiger partial charge is 0.396 e. The number of hydrogen-bond donors (Lipinski definition) is 2. The van der Waals surface area contributed by atoms with Gasteiger partial charge in [-0.15, -0.1) is 10.2 Å². The van der Waals surface area contributed by atoms with Gasteiger partial charge in [0.05, 0.1) is 12.1 Å². The van der Waals surface area contributed by atoms with Gasteiger partial charge in [0.15, 0.2) is 17.5 Å². The molecule has 2 N–H and O–H groups in total. The second-order valence-corrected chi connectivity index (χ2v) is 9.93. The smallest absolute Gasteiger partial charge is 0.328 e. The number of likely N-dealkylation sites (tertiary alicyclic amines) is 1. The van der Waals surface area contributed by atoms with Crippen LogP contribution in [0.15, 0.2) is 18.2 Å². The second-order valence-electron chi connectivity index (χ2n) is 9.93. The first-order chi connectivity index (χ1) is 18.5. The Kier molecular flexibility index (Phi) is 7.16. The molecule has 0 saturated carbocycles. The van der Waals surface area contributed by atoms with Gasteiger partial charge in [-0.1, -0.05) is 12.1 Å². The summed E-state index contributed by atoms with van der Waals surface area (Å²) in [6.07, 6.45) is -4.27. The van der Waals surface area contributed by atoms with Crippen molar-refractivity contribution in [2.45, 2.75) is 62.8 Å². The number of nitrogens with one attached hydrogen (secondary N) is 2. The molecule has 4 heterocycles. The molecule has 1 unspecified atom stereocenters. The maximum absolute atomic E-state index is 14.8. The highest BCUT2D eigenvalue weighted by Crippen LogP contribution is 2.37. The van der Waals surface area contributed by atoms with Crippen LogP contribution < -0.4 is 10.6 Å². The van der Waals surface area contributed by atoms with Crippen molar-refractivity contribution in [3.63, 3.8) is 0 Å². The van der Waals surface area contributed by atoms with Crippen LogP contribution in [-0.2, 0) is 11.2 Å². The molecule has 1 aromatic heterocycles. The Labute approximate surface area is 219 Å². The number of halogens is 5. The fraction of sp³-hybridized carbons (Fsp3) is 0.542. The lowest BCUT2D eigenvalue weighted by Crippen LogP contribution is -2.50. The normalized spacial score (nSPS) is 22.5. The number of piperidine rings is 1. The zero-order valence-electron chi connectivity index (χ0n) is 20.7. The summed E-state index contributed by atoms with van der Waals surface area (Å²) >= 11 is 0. The maximum Gasteiger partial charge on any atom is 0.396 e. The van der Waals surface area contributed by atoms with Gasteiger partial charge in [0.25, 0.3) is 0 Å². The van der Waals surface area contributed by atoms with E-state index in [0.717, 1.165) is 6.07 Å². The zero-order valence-corrected chi connectivity index (χ0v) is 20.7. The molecule has 0 spiro atoms. The van der Waals surface area contributed by atoms with Crippen molar-refractivity contribution < 1.29 is 36.3 Å². The minimum Gasteiger partial charge on any atom is -0.328 e. The van der Waals surface area contributed by atoms with Gasteiger partial charge in [-0.25, -0.2) is 18.4 Å². The van der Waals surface area contributed by atoms with E-state index in [1.807, 2.05) is 0 Å². The molecule has 5 rings (SSSR count). The van der Waals surface area contributed by atoms with Crippen LogP contribution in [0.4, 0.5) is 31.5 Å². The van der Waals surface area contributed by atoms with Crippen molar-refractivity contribution in [1.82, 2.24) is 35.2 Å². The number of imide groups is 1. The Balaban J connectivity index is 1.35. The van der Waals surface area contributed by atoms with Crippen molar-refractivity contribution in [3.8, 4) is 0 Å². The molecule has 0 aliphatic carbocycles. The Bertz CT molecular complexity index is 1280. The van der Waals surface area contributed by atoms with Crippen molar-refractivity contribution in [2.24, 2.45) is 0 Å². The number of carbonyl (C=O) groups is 3. The Morgan fingerprint density at radius 3 is 2.49 bits per heavy atom. The lowest BCUT2D eigenvalue weighted by atomic mass is 10.00. The summed E-state index contributed by atoms with van der Waals surface area (Å²) in [5.74, 6) is -3.06. The van der Waals surface area contributed by atoms with Crippen molar-refractivity contribution >= 4 is 18.0 Å². The fourth-order valence-electron chi connectivity index (χ4n) is 5.57. The Hall–Kier alpha value is -3.78. The number of urea groups is 2. The van der Waals surface area contributed by atoms with Gasteiger partial charge < -0.3 is 19.7 Å². The first kappa shape index (κ1) is 26.8. The van der Waals surface area contributed by atoms with Crippen LogP contribution in [0.5, 0.6) is 0 Å². The van der Waals surface area contributed by atoms with E-state index in [4.69, 9.17) is 0 Å². The molecule has 2 aromatic rings. The SMILES string of the molecule is O=C1CN(C2CCN(C(=O)N[C@@H]3CCCC(c4cccc(F)c4F)n4c(CC(F)(F)F)nnc43)CC2)C(=O)N1. The molecular formula is C24H26F5N7O3. The van der Waals surface area contributed by atoms with Gasteiger partial charge in [-0.05, 0) is 38.2 Å². The zero-order chi connectivity index (χ0) is 27.9. The minimum absolute atomic E-state index is 0.0270. The highest BCUT2D eigenvalue weighted by atomic mass is 19.4. The molecule has 2 saturated heterocycles. The molecule has 3 aliphatic heterocycles. The third kappa shape index (κ3) is 5.52. The van der Waals surface area contributed by atoms with E-state index in [1.54, 1.807) is 0 Å². The van der Waals surface area contributed by atoms with Crippen LogP contribution in [0.3, 0.4) is 0 Å². The number of amides is 5. The van der Waals surface area contributed by atoms with Crippen LogP contribution >= 0.6 is 0 Å². The Morgan fingerprint density at radius 1 is 1.08 bits per heavy atom. The summed E-state index contributed by atoms with van der Waals surface area (Å²) in [5, 5.41) is 12.8. The van der Waals surface area contributed by atoms with E-state index in [9.17, 15) is 36.3 Å². The molecule has 1 aromatic carbocycles. The lowest BCUT2D eigenvalue weighted by molar-refractivity contribution is -0.129. The van der Waals surface area contributed by atoms with Crippen LogP contribution in [0.25, 0.3) is 0 Å². The summed E-state index contributed by atoms with van der Waals surface area (Å²) < 4.78 is 70.1. The molecule has 10 nitrogen and oxygen atoms in total. The van der Waals surface area contributed by atoms with Crippen LogP contribution in [0.2, 0.25) is 0 Å². The van der Waals surface area contributed by atoms with Crippen molar-refractivity contribution in [1.29, 1.82) is 0 Å². The molecule has 5 amide bonds. The predicted molar refractivity (Wildman–Crippen MR) is 124 cm³/mol. The van der Waals surface area contributed by atoms with Crippen molar-refractivity contribution in [2.75, 3.05) is 19.6 Å². The van der Waals surface area contributed by atoms with Crippen LogP contribution in [0, 0.1) is 11.6 Å². The number of benzene rings is 1. The molecule has 3 aliphatic rings. The first-order valence-corrected chi connectivity index (χ1v) is 12.6. The third-order valence-corrected chi connectivity index (χ3v) is 7.40. The average molecular weight is 556 g/mol. The highest BCUT2D eigenvalue weighted by Gasteiger charge is 2.39. The third-order valence-electron chi connectivity index (χ3n) is 7.40. The molecule has 0 bridgehead atoms. The van der Waals surface area contributed by atoms with Gasteiger partial charge in [0, 0.05) is 24.7 Å². The maximum atomic E-state index is 14.8. The van der Waals surface area contributed by atoms with Gasteiger partial charge in [0.2, 0.25) is 5.91 Å². The molecule has 39 heavy (non-hydrogen) atoms. The van der Waals surface area contributed by atoms with E-state index in [-0.39, 0.29) is 36.3 Å². The van der Waals surface area contributed by atoms with Crippen LogP contribution in [-0.4, -0.2) is 74.4 Å². The lowest BCUT2D eigenvalue weighted by Gasteiger charge is -2.36. The monoisotopic (exact) mass is 555 g/mol. The van der Waals surface area contributed by atoms with E-state index in [2.05, 4.69) is 20.8 Å². The molecular weight excluding hydrogens is 529 g/mol. The van der Waals surface area contributed by atoms with E-state index < -0.39 is 54.2 Å². The standard InChI is InChI=1S/C24H26F5N7O3/c25-15-4-1-3-14(20(15)26)17-6-2-5-16(21-33-32-18(36(17)21)11-24(27,28)29)30-22(38)34-9-7-13(8-10-34)35-12-19(37)31-23(35)39/h1,3-4,13,16-17H,2,5-12H2,(H,30,38)(H,31,37,39)/t16-,17?/m1/s1. The van der Waals surface area contributed by atoms with E-state index in [0.29, 0.717) is 38.8 Å².